The number of aromatic nitrogens is 1. The van der Waals surface area contributed by atoms with E-state index in [1.165, 1.54) is 11.3 Å². The van der Waals surface area contributed by atoms with E-state index in [9.17, 15) is 0 Å². The molecule has 3 heteroatoms. The SMILES string of the molecule is CCCNC(CCCc1ccc(Br)cn1)c1ccccc1. The van der Waals surface area contributed by atoms with Gasteiger partial charge in [-0.3, -0.25) is 4.98 Å². The summed E-state index contributed by atoms with van der Waals surface area (Å²) in [5, 5.41) is 3.65. The van der Waals surface area contributed by atoms with Gasteiger partial charge in [0.2, 0.25) is 0 Å². The summed E-state index contributed by atoms with van der Waals surface area (Å²) in [6.07, 6.45) is 6.36. The summed E-state index contributed by atoms with van der Waals surface area (Å²) in [7, 11) is 0. The molecule has 1 atom stereocenters. The Hall–Kier alpha value is -1.19. The van der Waals surface area contributed by atoms with Gasteiger partial charge >= 0.3 is 0 Å². The van der Waals surface area contributed by atoms with Gasteiger partial charge in [-0.05, 0) is 65.9 Å². The molecule has 0 bridgehead atoms. The summed E-state index contributed by atoms with van der Waals surface area (Å²) in [5.41, 5.74) is 2.55. The third-order valence-corrected chi connectivity index (χ3v) is 4.03. The predicted octanol–water partition coefficient (Wildman–Crippen LogP) is 4.91. The number of benzene rings is 1. The van der Waals surface area contributed by atoms with Crippen molar-refractivity contribution in [3.05, 3.63) is 64.4 Å². The summed E-state index contributed by atoms with van der Waals surface area (Å²) in [4.78, 5) is 4.44. The first-order valence-corrected chi connectivity index (χ1v) is 8.47. The van der Waals surface area contributed by atoms with E-state index in [0.29, 0.717) is 6.04 Å². The number of nitrogens with zero attached hydrogens (tertiary/aromatic N) is 1. The van der Waals surface area contributed by atoms with Crippen LogP contribution in [0, 0.1) is 0 Å². The number of pyridine rings is 1. The van der Waals surface area contributed by atoms with Gasteiger partial charge in [-0.15, -0.1) is 0 Å². The minimum Gasteiger partial charge on any atom is -0.310 e. The van der Waals surface area contributed by atoms with Gasteiger partial charge in [0.25, 0.3) is 0 Å². The molecule has 0 radical (unpaired) electrons. The lowest BCUT2D eigenvalue weighted by atomic mass is 10.00. The van der Waals surface area contributed by atoms with Crippen molar-refractivity contribution in [3.8, 4) is 0 Å². The molecule has 1 aromatic heterocycles. The molecule has 0 amide bonds. The highest BCUT2D eigenvalue weighted by Gasteiger charge is 2.10. The minimum atomic E-state index is 0.446. The van der Waals surface area contributed by atoms with Gasteiger partial charge < -0.3 is 5.32 Å². The van der Waals surface area contributed by atoms with E-state index in [0.717, 1.165) is 36.7 Å². The molecule has 21 heavy (non-hydrogen) atoms. The number of halogens is 1. The largest absolute Gasteiger partial charge is 0.310 e. The summed E-state index contributed by atoms with van der Waals surface area (Å²) in [6.45, 7) is 3.27. The van der Waals surface area contributed by atoms with Crippen LogP contribution in [-0.2, 0) is 6.42 Å². The minimum absolute atomic E-state index is 0.446. The quantitative estimate of drug-likeness (QED) is 0.734. The lowest BCUT2D eigenvalue weighted by molar-refractivity contribution is 0.483. The fourth-order valence-electron chi connectivity index (χ4n) is 2.43. The second-order valence-corrected chi connectivity index (χ2v) is 6.19. The molecule has 0 saturated carbocycles. The number of nitrogens with one attached hydrogen (secondary N) is 1. The molecule has 2 aromatic rings. The van der Waals surface area contributed by atoms with Gasteiger partial charge in [-0.2, -0.15) is 0 Å². The van der Waals surface area contributed by atoms with Crippen molar-refractivity contribution < 1.29 is 0 Å². The maximum absolute atomic E-state index is 4.44. The fraction of sp³-hybridized carbons (Fsp3) is 0.389. The van der Waals surface area contributed by atoms with Crippen LogP contribution in [0.3, 0.4) is 0 Å². The molecule has 0 aliphatic carbocycles. The van der Waals surface area contributed by atoms with Crippen LogP contribution in [0.4, 0.5) is 0 Å². The van der Waals surface area contributed by atoms with E-state index in [2.05, 4.69) is 75.6 Å². The van der Waals surface area contributed by atoms with Crippen LogP contribution in [0.2, 0.25) is 0 Å². The molecule has 0 aliphatic rings. The van der Waals surface area contributed by atoms with E-state index in [1.807, 2.05) is 6.20 Å². The molecule has 0 aliphatic heterocycles. The van der Waals surface area contributed by atoms with Crippen molar-refractivity contribution in [1.29, 1.82) is 0 Å². The molecule has 0 fully saturated rings. The van der Waals surface area contributed by atoms with Gasteiger partial charge in [-0.1, -0.05) is 37.3 Å². The Labute approximate surface area is 136 Å². The molecular formula is C18H23BrN2. The predicted molar refractivity (Wildman–Crippen MR) is 92.4 cm³/mol. The maximum atomic E-state index is 4.44. The van der Waals surface area contributed by atoms with E-state index in [4.69, 9.17) is 0 Å². The zero-order chi connectivity index (χ0) is 14.9. The number of rotatable bonds is 8. The standard InChI is InChI=1S/C18H23BrN2/c1-2-13-20-18(15-7-4-3-5-8-15)10-6-9-17-12-11-16(19)14-21-17/h3-5,7-8,11-12,14,18,20H,2,6,9-10,13H2,1H3. The number of hydrogen-bond donors (Lipinski definition) is 1. The first-order valence-electron chi connectivity index (χ1n) is 7.68. The van der Waals surface area contributed by atoms with E-state index in [-0.39, 0.29) is 0 Å². The van der Waals surface area contributed by atoms with Crippen LogP contribution in [0.25, 0.3) is 0 Å². The van der Waals surface area contributed by atoms with Crippen molar-refractivity contribution in [2.75, 3.05) is 6.54 Å². The van der Waals surface area contributed by atoms with Crippen molar-refractivity contribution in [2.45, 2.75) is 38.6 Å². The Kier molecular flexibility index (Phi) is 6.90. The Morgan fingerprint density at radius 2 is 1.95 bits per heavy atom. The third kappa shape index (κ3) is 5.60. The van der Waals surface area contributed by atoms with Crippen molar-refractivity contribution in [1.82, 2.24) is 10.3 Å². The third-order valence-electron chi connectivity index (χ3n) is 3.56. The smallest absolute Gasteiger partial charge is 0.0413 e. The van der Waals surface area contributed by atoms with Crippen LogP contribution in [-0.4, -0.2) is 11.5 Å². The average Bonchev–Trinajstić information content (AvgIpc) is 2.53. The molecule has 112 valence electrons. The van der Waals surface area contributed by atoms with Crippen molar-refractivity contribution in [3.63, 3.8) is 0 Å². The first kappa shape index (κ1) is 16.2. The van der Waals surface area contributed by atoms with Gasteiger partial charge in [0, 0.05) is 22.4 Å². The van der Waals surface area contributed by atoms with Crippen LogP contribution in [0.5, 0.6) is 0 Å². The molecule has 0 saturated heterocycles. The van der Waals surface area contributed by atoms with Gasteiger partial charge in [-0.25, -0.2) is 0 Å². The molecule has 1 aromatic carbocycles. The lowest BCUT2D eigenvalue weighted by Gasteiger charge is -2.19. The van der Waals surface area contributed by atoms with Crippen molar-refractivity contribution in [2.24, 2.45) is 0 Å². The number of aryl methyl sites for hydroxylation is 1. The van der Waals surface area contributed by atoms with Gasteiger partial charge in [0.05, 0.1) is 0 Å². The van der Waals surface area contributed by atoms with Crippen LogP contribution in [0.15, 0.2) is 53.1 Å². The lowest BCUT2D eigenvalue weighted by Crippen LogP contribution is -2.22. The van der Waals surface area contributed by atoms with Gasteiger partial charge in [0.15, 0.2) is 0 Å². The Morgan fingerprint density at radius 3 is 2.62 bits per heavy atom. The van der Waals surface area contributed by atoms with E-state index < -0.39 is 0 Å². The molecule has 2 nitrogen and oxygen atoms in total. The number of hydrogen-bond acceptors (Lipinski definition) is 2. The Balaban J connectivity index is 1.88. The molecule has 1 N–H and O–H groups in total. The van der Waals surface area contributed by atoms with Crippen LogP contribution < -0.4 is 5.32 Å². The summed E-state index contributed by atoms with van der Waals surface area (Å²) in [5.74, 6) is 0. The summed E-state index contributed by atoms with van der Waals surface area (Å²) < 4.78 is 1.04. The van der Waals surface area contributed by atoms with Crippen molar-refractivity contribution >= 4 is 15.9 Å². The highest BCUT2D eigenvalue weighted by atomic mass is 79.9. The summed E-state index contributed by atoms with van der Waals surface area (Å²) >= 11 is 3.42. The van der Waals surface area contributed by atoms with Crippen LogP contribution >= 0.6 is 15.9 Å². The Bertz CT molecular complexity index is 511. The second-order valence-electron chi connectivity index (χ2n) is 5.28. The monoisotopic (exact) mass is 346 g/mol. The molecule has 0 spiro atoms. The fourth-order valence-corrected chi connectivity index (χ4v) is 2.67. The van der Waals surface area contributed by atoms with Gasteiger partial charge in [0.1, 0.15) is 0 Å². The van der Waals surface area contributed by atoms with Crippen LogP contribution in [0.1, 0.15) is 43.5 Å². The average molecular weight is 347 g/mol. The topological polar surface area (TPSA) is 24.9 Å². The Morgan fingerprint density at radius 1 is 1.14 bits per heavy atom. The molecular weight excluding hydrogens is 324 g/mol. The maximum Gasteiger partial charge on any atom is 0.0413 e. The molecule has 2 rings (SSSR count). The molecule has 1 unspecified atom stereocenters. The normalized spacial score (nSPS) is 12.3. The zero-order valence-corrected chi connectivity index (χ0v) is 14.1. The highest BCUT2D eigenvalue weighted by Crippen LogP contribution is 2.19. The van der Waals surface area contributed by atoms with E-state index in [1.54, 1.807) is 0 Å². The second kappa shape index (κ2) is 8.96. The van der Waals surface area contributed by atoms with E-state index >= 15 is 0 Å². The zero-order valence-electron chi connectivity index (χ0n) is 12.6. The summed E-state index contributed by atoms with van der Waals surface area (Å²) in [6, 6.07) is 15.3. The molecule has 1 heterocycles. The highest BCUT2D eigenvalue weighted by molar-refractivity contribution is 9.10. The first-order chi connectivity index (χ1) is 10.3.